The molecular formula is C21H25N5S2. The monoisotopic (exact) mass is 411 g/mol. The summed E-state index contributed by atoms with van der Waals surface area (Å²) in [5.74, 6) is 0.532. The van der Waals surface area contributed by atoms with Gasteiger partial charge in [-0.15, -0.1) is 5.10 Å². The molecule has 1 aliphatic rings. The maximum atomic E-state index is 5.58. The molecule has 0 atom stereocenters. The lowest BCUT2D eigenvalue weighted by molar-refractivity contribution is 0.187. The molecule has 0 spiro atoms. The zero-order valence-corrected chi connectivity index (χ0v) is 17.8. The Hall–Kier alpha value is -2.09. The van der Waals surface area contributed by atoms with Gasteiger partial charge in [0.2, 0.25) is 5.13 Å². The van der Waals surface area contributed by atoms with Crippen molar-refractivity contribution < 1.29 is 0 Å². The van der Waals surface area contributed by atoms with E-state index in [2.05, 4.69) is 65.4 Å². The van der Waals surface area contributed by atoms with Crippen LogP contribution in [0.25, 0.3) is 0 Å². The van der Waals surface area contributed by atoms with Crippen LogP contribution in [0, 0.1) is 3.95 Å². The summed E-state index contributed by atoms with van der Waals surface area (Å²) in [7, 11) is 0. The van der Waals surface area contributed by atoms with Crippen molar-refractivity contribution in [3.8, 4) is 0 Å². The van der Waals surface area contributed by atoms with Gasteiger partial charge in [0.05, 0.1) is 6.67 Å². The fourth-order valence-electron chi connectivity index (χ4n) is 3.15. The van der Waals surface area contributed by atoms with E-state index >= 15 is 0 Å². The lowest BCUT2D eigenvalue weighted by Crippen LogP contribution is -2.28. The van der Waals surface area contributed by atoms with Gasteiger partial charge in [0.15, 0.2) is 3.95 Å². The summed E-state index contributed by atoms with van der Waals surface area (Å²) in [6.07, 6.45) is 6.19. The molecule has 0 radical (unpaired) electrons. The molecule has 0 aliphatic heterocycles. The number of pyridine rings is 1. The van der Waals surface area contributed by atoms with Crippen molar-refractivity contribution in [1.82, 2.24) is 19.7 Å². The lowest BCUT2D eigenvalue weighted by atomic mass is 10.0. The minimum absolute atomic E-state index is 0.532. The number of anilines is 2. The molecule has 1 aliphatic carbocycles. The van der Waals surface area contributed by atoms with E-state index in [-0.39, 0.29) is 0 Å². The average molecular weight is 412 g/mol. The van der Waals surface area contributed by atoms with Crippen molar-refractivity contribution in [2.24, 2.45) is 0 Å². The van der Waals surface area contributed by atoms with Crippen molar-refractivity contribution >= 4 is 34.4 Å². The molecule has 1 fully saturated rings. The van der Waals surface area contributed by atoms with E-state index in [0.717, 1.165) is 28.0 Å². The van der Waals surface area contributed by atoms with E-state index in [1.165, 1.54) is 35.3 Å². The number of nitrogens with one attached hydrogen (secondary N) is 1. The fourth-order valence-corrected chi connectivity index (χ4v) is 4.16. The van der Waals surface area contributed by atoms with Crippen LogP contribution in [0.2, 0.25) is 0 Å². The fraction of sp³-hybridized carbons (Fsp3) is 0.381. The summed E-state index contributed by atoms with van der Waals surface area (Å²) < 4.78 is 2.73. The van der Waals surface area contributed by atoms with Crippen molar-refractivity contribution in [2.45, 2.75) is 51.9 Å². The van der Waals surface area contributed by atoms with Crippen LogP contribution >= 0.6 is 23.6 Å². The standard InChI is InChI=1S/C21H25N5S2/c1-15(2)17-3-5-18(6-4-17)23-20-24-26(21(27)28-20)14-25(19-7-8-19)13-16-9-11-22-12-10-16/h3-6,9-12,15,19H,7-8,13-14H2,1-2H3,(H,23,24). The number of rotatable bonds is 8. The van der Waals surface area contributed by atoms with E-state index in [9.17, 15) is 0 Å². The maximum absolute atomic E-state index is 5.58. The first kappa shape index (κ1) is 19.2. The molecular weight excluding hydrogens is 386 g/mol. The van der Waals surface area contributed by atoms with E-state index in [1.54, 1.807) is 0 Å². The molecule has 1 aromatic carbocycles. The zero-order valence-electron chi connectivity index (χ0n) is 16.2. The van der Waals surface area contributed by atoms with Crippen LogP contribution in [-0.4, -0.2) is 25.7 Å². The van der Waals surface area contributed by atoms with Gasteiger partial charge in [-0.1, -0.05) is 37.3 Å². The van der Waals surface area contributed by atoms with E-state index < -0.39 is 0 Å². The molecule has 28 heavy (non-hydrogen) atoms. The van der Waals surface area contributed by atoms with Crippen molar-refractivity contribution in [3.63, 3.8) is 0 Å². The van der Waals surface area contributed by atoms with Crippen LogP contribution < -0.4 is 5.32 Å². The summed E-state index contributed by atoms with van der Waals surface area (Å²) in [6.45, 7) is 6.02. The smallest absolute Gasteiger partial charge is 0.209 e. The summed E-state index contributed by atoms with van der Waals surface area (Å²) >= 11 is 7.10. The molecule has 0 saturated heterocycles. The normalized spacial score (nSPS) is 14.0. The predicted molar refractivity (Wildman–Crippen MR) is 118 cm³/mol. The highest BCUT2D eigenvalue weighted by Crippen LogP contribution is 2.29. The molecule has 1 N–H and O–H groups in total. The minimum Gasteiger partial charge on any atom is -0.330 e. The quantitative estimate of drug-likeness (QED) is 0.492. The number of benzene rings is 1. The molecule has 2 heterocycles. The Balaban J connectivity index is 1.45. The van der Waals surface area contributed by atoms with E-state index in [1.807, 2.05) is 17.1 Å². The summed E-state index contributed by atoms with van der Waals surface area (Å²) in [4.78, 5) is 6.56. The first-order valence-corrected chi connectivity index (χ1v) is 10.9. The second-order valence-electron chi connectivity index (χ2n) is 7.55. The van der Waals surface area contributed by atoms with Gasteiger partial charge in [-0.25, -0.2) is 4.68 Å². The molecule has 146 valence electrons. The van der Waals surface area contributed by atoms with Gasteiger partial charge in [-0.05, 0) is 66.4 Å². The molecule has 2 aromatic heterocycles. The van der Waals surface area contributed by atoms with Gasteiger partial charge in [-0.2, -0.15) is 0 Å². The first-order valence-electron chi connectivity index (χ1n) is 9.66. The second-order valence-corrected chi connectivity index (χ2v) is 9.17. The molecule has 4 rings (SSSR count). The largest absolute Gasteiger partial charge is 0.330 e. The summed E-state index contributed by atoms with van der Waals surface area (Å²) in [5, 5.41) is 8.95. The Morgan fingerprint density at radius 2 is 1.89 bits per heavy atom. The van der Waals surface area contributed by atoms with Gasteiger partial charge in [0.1, 0.15) is 0 Å². The molecule has 5 nitrogen and oxygen atoms in total. The number of hydrogen-bond acceptors (Lipinski definition) is 6. The number of aromatic nitrogens is 3. The third-order valence-electron chi connectivity index (χ3n) is 4.95. The SMILES string of the molecule is CC(C)c1ccc(Nc2nn(CN(Cc3ccncc3)C3CC3)c(=S)s2)cc1. The van der Waals surface area contributed by atoms with Gasteiger partial charge < -0.3 is 5.32 Å². The zero-order chi connectivity index (χ0) is 19.5. The molecule has 7 heteroatoms. The highest BCUT2D eigenvalue weighted by Gasteiger charge is 2.29. The first-order chi connectivity index (χ1) is 13.6. The second kappa shape index (κ2) is 8.51. The van der Waals surface area contributed by atoms with E-state index in [0.29, 0.717) is 12.0 Å². The number of nitrogens with zero attached hydrogens (tertiary/aromatic N) is 4. The molecule has 0 amide bonds. The van der Waals surface area contributed by atoms with Gasteiger partial charge in [0, 0.05) is 30.7 Å². The van der Waals surface area contributed by atoms with Crippen LogP contribution in [0.3, 0.4) is 0 Å². The Kier molecular flexibility index (Phi) is 5.85. The lowest BCUT2D eigenvalue weighted by Gasteiger charge is -2.21. The minimum atomic E-state index is 0.532. The van der Waals surface area contributed by atoms with Crippen LogP contribution in [0.4, 0.5) is 10.8 Å². The Morgan fingerprint density at radius 1 is 1.18 bits per heavy atom. The molecule has 0 bridgehead atoms. The maximum Gasteiger partial charge on any atom is 0.209 e. The Morgan fingerprint density at radius 3 is 2.54 bits per heavy atom. The topological polar surface area (TPSA) is 46.0 Å². The van der Waals surface area contributed by atoms with Crippen LogP contribution in [0.1, 0.15) is 43.7 Å². The number of hydrogen-bond donors (Lipinski definition) is 1. The molecule has 3 aromatic rings. The molecule has 0 unspecified atom stereocenters. The highest BCUT2D eigenvalue weighted by atomic mass is 32.1. The highest BCUT2D eigenvalue weighted by molar-refractivity contribution is 7.73. The van der Waals surface area contributed by atoms with E-state index in [4.69, 9.17) is 17.3 Å². The Labute approximate surface area is 175 Å². The third-order valence-corrected chi connectivity index (χ3v) is 6.17. The van der Waals surface area contributed by atoms with Gasteiger partial charge >= 0.3 is 0 Å². The summed E-state index contributed by atoms with van der Waals surface area (Å²) in [5.41, 5.74) is 3.64. The van der Waals surface area contributed by atoms with Crippen LogP contribution in [0.5, 0.6) is 0 Å². The summed E-state index contributed by atoms with van der Waals surface area (Å²) in [6, 6.07) is 13.3. The third kappa shape index (κ3) is 4.84. The van der Waals surface area contributed by atoms with Gasteiger partial charge in [-0.3, -0.25) is 9.88 Å². The average Bonchev–Trinajstić information content (AvgIpc) is 3.48. The van der Waals surface area contributed by atoms with Crippen LogP contribution in [-0.2, 0) is 13.2 Å². The Bertz CT molecular complexity index is 958. The van der Waals surface area contributed by atoms with Crippen molar-refractivity contribution in [1.29, 1.82) is 0 Å². The molecule has 1 saturated carbocycles. The van der Waals surface area contributed by atoms with Gasteiger partial charge in [0.25, 0.3) is 0 Å². The predicted octanol–water partition coefficient (Wildman–Crippen LogP) is 5.56. The van der Waals surface area contributed by atoms with Crippen molar-refractivity contribution in [2.75, 3.05) is 5.32 Å². The van der Waals surface area contributed by atoms with Crippen LogP contribution in [0.15, 0.2) is 48.8 Å². The van der Waals surface area contributed by atoms with Crippen molar-refractivity contribution in [3.05, 3.63) is 63.9 Å².